The Morgan fingerprint density at radius 1 is 1.06 bits per heavy atom. The fraction of sp³-hybridized carbons (Fsp3) is 0.346. The molecule has 7 nitrogen and oxygen atoms in total. The van der Waals surface area contributed by atoms with Crippen LogP contribution in [0.25, 0.3) is 27.7 Å². The molecule has 7 heteroatoms. The summed E-state index contributed by atoms with van der Waals surface area (Å²) in [5.41, 5.74) is 5.03. The van der Waals surface area contributed by atoms with Crippen LogP contribution < -0.4 is 5.32 Å². The summed E-state index contributed by atoms with van der Waals surface area (Å²) in [6.07, 6.45) is 10.4. The lowest BCUT2D eigenvalue weighted by molar-refractivity contribution is -0.117. The van der Waals surface area contributed by atoms with Gasteiger partial charge in [-0.1, -0.05) is 20.8 Å². The molecule has 4 heterocycles. The lowest BCUT2D eigenvalue weighted by Gasteiger charge is -2.12. The molecule has 0 saturated heterocycles. The molecule has 0 aliphatic heterocycles. The molecule has 0 radical (unpaired) electrons. The maximum absolute atomic E-state index is 12.2. The molecule has 1 saturated carbocycles. The van der Waals surface area contributed by atoms with E-state index < -0.39 is 0 Å². The van der Waals surface area contributed by atoms with E-state index in [1.807, 2.05) is 56.5 Å². The average Bonchev–Trinajstić information content (AvgIpc) is 3.56. The van der Waals surface area contributed by atoms with Gasteiger partial charge in [0.1, 0.15) is 17.2 Å². The largest absolute Gasteiger partial charge is 0.310 e. The quantitative estimate of drug-likeness (QED) is 0.391. The van der Waals surface area contributed by atoms with Gasteiger partial charge in [-0.3, -0.25) is 19.0 Å². The van der Waals surface area contributed by atoms with Crippen molar-refractivity contribution in [1.29, 1.82) is 0 Å². The van der Waals surface area contributed by atoms with Crippen LogP contribution in [0, 0.1) is 12.8 Å². The number of anilines is 1. The maximum atomic E-state index is 12.2. The predicted molar refractivity (Wildman–Crippen MR) is 130 cm³/mol. The Morgan fingerprint density at radius 3 is 2.55 bits per heavy atom. The Labute approximate surface area is 193 Å². The van der Waals surface area contributed by atoms with E-state index in [1.165, 1.54) is 0 Å². The van der Waals surface area contributed by atoms with Crippen molar-refractivity contribution in [2.24, 2.45) is 5.92 Å². The van der Waals surface area contributed by atoms with Gasteiger partial charge in [0.15, 0.2) is 5.78 Å². The molecule has 0 aromatic carbocycles. The first-order chi connectivity index (χ1) is 16.0. The summed E-state index contributed by atoms with van der Waals surface area (Å²) in [6, 6.07) is 5.77. The molecule has 0 atom stereocenters. The number of Topliss-reactive ketones (excluding diaryl/α,β-unsaturated/α-hetero) is 1. The van der Waals surface area contributed by atoms with Crippen LogP contribution in [0.4, 0.5) is 5.82 Å². The Balaban J connectivity index is 0.00000126. The highest BCUT2D eigenvalue weighted by Gasteiger charge is 2.29. The number of ketones is 1. The highest BCUT2D eigenvalue weighted by atomic mass is 16.2. The minimum atomic E-state index is 0.0322. The van der Waals surface area contributed by atoms with Crippen molar-refractivity contribution in [1.82, 2.24) is 19.4 Å². The van der Waals surface area contributed by atoms with E-state index in [4.69, 9.17) is 0 Å². The van der Waals surface area contributed by atoms with E-state index in [1.54, 1.807) is 18.6 Å². The topological polar surface area (TPSA) is 89.2 Å². The van der Waals surface area contributed by atoms with Crippen molar-refractivity contribution in [3.05, 3.63) is 54.2 Å². The molecular formula is C26H29N5O2. The summed E-state index contributed by atoms with van der Waals surface area (Å²) in [6.45, 7) is 7.97. The summed E-state index contributed by atoms with van der Waals surface area (Å²) in [4.78, 5) is 37.8. The van der Waals surface area contributed by atoms with E-state index in [9.17, 15) is 9.59 Å². The molecule has 1 aliphatic carbocycles. The number of carbonyl (C=O) groups is 2. The number of amides is 1. The number of nitrogens with one attached hydrogen (secondary N) is 1. The van der Waals surface area contributed by atoms with Gasteiger partial charge in [0.25, 0.3) is 0 Å². The van der Waals surface area contributed by atoms with Crippen LogP contribution in [0.1, 0.15) is 62.5 Å². The third-order valence-electron chi connectivity index (χ3n) is 5.72. The second kappa shape index (κ2) is 9.48. The van der Waals surface area contributed by atoms with Crippen LogP contribution in [0.3, 0.4) is 0 Å². The normalized spacial score (nSPS) is 13.0. The fourth-order valence-corrected chi connectivity index (χ4v) is 3.88. The Kier molecular flexibility index (Phi) is 6.49. The first kappa shape index (κ1) is 22.6. The molecule has 1 N–H and O–H groups in total. The summed E-state index contributed by atoms with van der Waals surface area (Å²) in [7, 11) is 0. The third-order valence-corrected chi connectivity index (χ3v) is 5.72. The van der Waals surface area contributed by atoms with Gasteiger partial charge in [-0.05, 0) is 43.9 Å². The molecule has 4 aromatic heterocycles. The minimum absolute atomic E-state index is 0.0322. The van der Waals surface area contributed by atoms with Crippen LogP contribution >= 0.6 is 0 Å². The first-order valence-corrected chi connectivity index (χ1v) is 11.6. The average molecular weight is 444 g/mol. The van der Waals surface area contributed by atoms with Crippen LogP contribution in [0.5, 0.6) is 0 Å². The summed E-state index contributed by atoms with van der Waals surface area (Å²) in [5, 5.41) is 3.84. The minimum Gasteiger partial charge on any atom is -0.310 e. The van der Waals surface area contributed by atoms with Gasteiger partial charge in [0.05, 0.1) is 5.52 Å². The van der Waals surface area contributed by atoms with Gasteiger partial charge in [0.2, 0.25) is 5.91 Å². The molecule has 0 spiro atoms. The molecule has 170 valence electrons. The zero-order valence-electron chi connectivity index (χ0n) is 19.6. The molecule has 1 aliphatic rings. The lowest BCUT2D eigenvalue weighted by atomic mass is 10.0. The van der Waals surface area contributed by atoms with Crippen LogP contribution in [0.15, 0.2) is 43.0 Å². The number of rotatable bonds is 6. The molecule has 4 aromatic rings. The lowest BCUT2D eigenvalue weighted by Crippen LogP contribution is -2.14. The zero-order chi connectivity index (χ0) is 23.5. The van der Waals surface area contributed by atoms with Crippen LogP contribution in [-0.4, -0.2) is 31.0 Å². The number of fused-ring (bicyclic) bond motifs is 3. The van der Waals surface area contributed by atoms with Gasteiger partial charge in [-0.15, -0.1) is 0 Å². The van der Waals surface area contributed by atoms with E-state index in [0.717, 1.165) is 52.5 Å². The van der Waals surface area contributed by atoms with Crippen LogP contribution in [0.2, 0.25) is 0 Å². The molecule has 0 bridgehead atoms. The van der Waals surface area contributed by atoms with Crippen molar-refractivity contribution in [3.8, 4) is 11.1 Å². The second-order valence-corrected chi connectivity index (χ2v) is 8.13. The van der Waals surface area contributed by atoms with E-state index in [-0.39, 0.29) is 17.6 Å². The maximum Gasteiger partial charge on any atom is 0.228 e. The predicted octanol–water partition coefficient (Wildman–Crippen LogP) is 5.61. The highest BCUT2D eigenvalue weighted by Crippen LogP contribution is 2.33. The number of nitrogens with zero attached hydrogens (tertiary/aromatic N) is 4. The zero-order valence-corrected chi connectivity index (χ0v) is 19.6. The fourth-order valence-electron chi connectivity index (χ4n) is 3.88. The summed E-state index contributed by atoms with van der Waals surface area (Å²) < 4.78 is 1.99. The highest BCUT2D eigenvalue weighted by molar-refractivity contribution is 5.98. The smallest absolute Gasteiger partial charge is 0.228 e. The van der Waals surface area contributed by atoms with Crippen molar-refractivity contribution in [2.45, 2.75) is 53.4 Å². The molecule has 1 fully saturated rings. The van der Waals surface area contributed by atoms with E-state index in [0.29, 0.717) is 17.9 Å². The van der Waals surface area contributed by atoms with E-state index in [2.05, 4.69) is 20.3 Å². The Bertz CT molecular complexity index is 1340. The number of imidazole rings is 1. The van der Waals surface area contributed by atoms with Crippen molar-refractivity contribution in [3.63, 3.8) is 0 Å². The standard InChI is InChI=1S/C24H23N5O2.C2H6/c1-3-4-21(30)19-9-14(2)18(13-26-19)17-10-16-12-27-22(28-24(31)15-5-6-15)11-20(16)29-8-7-25-23(17)29;1-2/h7-13,15H,3-6H2,1-2H3,(H,27,28,31);1-2H3. The van der Waals surface area contributed by atoms with Gasteiger partial charge >= 0.3 is 0 Å². The number of carbonyl (C=O) groups excluding carboxylic acids is 2. The molecular weight excluding hydrogens is 414 g/mol. The van der Waals surface area contributed by atoms with Gasteiger partial charge in [-0.25, -0.2) is 9.97 Å². The number of pyridine rings is 3. The van der Waals surface area contributed by atoms with Gasteiger partial charge in [-0.2, -0.15) is 0 Å². The monoisotopic (exact) mass is 443 g/mol. The summed E-state index contributed by atoms with van der Waals surface area (Å²) >= 11 is 0. The van der Waals surface area contributed by atoms with Gasteiger partial charge < -0.3 is 5.32 Å². The van der Waals surface area contributed by atoms with E-state index >= 15 is 0 Å². The number of aromatic nitrogens is 4. The second-order valence-electron chi connectivity index (χ2n) is 8.13. The van der Waals surface area contributed by atoms with Crippen molar-refractivity contribution < 1.29 is 9.59 Å². The Hall–Kier alpha value is -3.61. The number of aryl methyl sites for hydroxylation is 1. The van der Waals surface area contributed by atoms with Crippen molar-refractivity contribution >= 4 is 34.1 Å². The molecule has 5 rings (SSSR count). The third kappa shape index (κ3) is 4.49. The van der Waals surface area contributed by atoms with Crippen LogP contribution in [-0.2, 0) is 4.79 Å². The first-order valence-electron chi connectivity index (χ1n) is 11.6. The number of hydrogen-bond donors (Lipinski definition) is 1. The SMILES string of the molecule is CC.CCCC(=O)c1cc(C)c(-c2cc3cnc(NC(=O)C4CC4)cc3n3ccnc23)cn1. The summed E-state index contributed by atoms with van der Waals surface area (Å²) in [5.74, 6) is 0.760. The molecule has 1 amide bonds. The molecule has 0 unspecified atom stereocenters. The van der Waals surface area contributed by atoms with Crippen molar-refractivity contribution in [2.75, 3.05) is 5.32 Å². The van der Waals surface area contributed by atoms with Gasteiger partial charge in [0, 0.05) is 59.7 Å². The Morgan fingerprint density at radius 2 is 1.85 bits per heavy atom. The number of hydrogen-bond acceptors (Lipinski definition) is 5. The molecule has 33 heavy (non-hydrogen) atoms.